The van der Waals surface area contributed by atoms with Crippen molar-refractivity contribution in [3.8, 4) is 0 Å². The van der Waals surface area contributed by atoms with E-state index in [1.165, 1.54) is 5.56 Å². The molecule has 1 heterocycles. The topological polar surface area (TPSA) is 83.6 Å². The number of nitrogens with zero attached hydrogens (tertiary/aromatic N) is 3. The molecule has 0 saturated heterocycles. The second-order valence-corrected chi connectivity index (χ2v) is 4.74. The molecule has 1 aromatic heterocycles. The van der Waals surface area contributed by atoms with Gasteiger partial charge in [-0.15, -0.1) is 0 Å². The monoisotopic (exact) mass is 291 g/mol. The Morgan fingerprint density at radius 3 is 2.76 bits per heavy atom. The van der Waals surface area contributed by atoms with Gasteiger partial charge in [0.1, 0.15) is 0 Å². The van der Waals surface area contributed by atoms with Crippen molar-refractivity contribution < 1.29 is 4.79 Å². The van der Waals surface area contributed by atoms with Crippen LogP contribution in [0.4, 0.5) is 4.79 Å². The van der Waals surface area contributed by atoms with Crippen LogP contribution in [0.5, 0.6) is 0 Å². The van der Waals surface area contributed by atoms with E-state index in [0.29, 0.717) is 6.54 Å². The summed E-state index contributed by atoms with van der Waals surface area (Å²) in [6, 6.07) is 3.57. The molecule has 0 aliphatic carbocycles. The maximum Gasteiger partial charge on any atom is 0.344 e. The summed E-state index contributed by atoms with van der Waals surface area (Å²) >= 11 is 0. The van der Waals surface area contributed by atoms with Crippen molar-refractivity contribution in [3.63, 3.8) is 0 Å². The zero-order chi connectivity index (χ0) is 15.7. The molecule has 21 heavy (non-hydrogen) atoms. The van der Waals surface area contributed by atoms with Gasteiger partial charge < -0.3 is 16.0 Å². The van der Waals surface area contributed by atoms with Crippen molar-refractivity contribution in [3.05, 3.63) is 29.6 Å². The molecule has 0 fully saturated rings. The van der Waals surface area contributed by atoms with Gasteiger partial charge in [0.2, 0.25) is 5.96 Å². The first-order valence-electron chi connectivity index (χ1n) is 7.35. The summed E-state index contributed by atoms with van der Waals surface area (Å²) in [5.74, 6) is 0.262. The van der Waals surface area contributed by atoms with Gasteiger partial charge in [0.15, 0.2) is 0 Å². The van der Waals surface area contributed by atoms with Gasteiger partial charge in [-0.3, -0.25) is 4.98 Å². The Kier molecular flexibility index (Phi) is 7.21. The number of nitrogens with two attached hydrogens (primary N) is 1. The van der Waals surface area contributed by atoms with Gasteiger partial charge in [0.25, 0.3) is 0 Å². The molecule has 0 aliphatic heterocycles. The predicted octanol–water partition coefficient (Wildman–Crippen LogP) is 1.69. The Bertz CT molecular complexity index is 483. The fourth-order valence-electron chi connectivity index (χ4n) is 1.99. The van der Waals surface area contributed by atoms with Crippen molar-refractivity contribution in [2.75, 3.05) is 19.6 Å². The number of pyridine rings is 1. The number of hydrogen-bond acceptors (Lipinski definition) is 2. The lowest BCUT2D eigenvalue weighted by Crippen LogP contribution is -2.38. The van der Waals surface area contributed by atoms with Crippen LogP contribution in [-0.2, 0) is 6.42 Å². The number of amides is 2. The van der Waals surface area contributed by atoms with E-state index in [4.69, 9.17) is 5.73 Å². The van der Waals surface area contributed by atoms with Crippen LogP contribution in [0, 0.1) is 6.92 Å². The number of hydrogen-bond donors (Lipinski definition) is 2. The third-order valence-electron chi connectivity index (χ3n) is 3.29. The number of urea groups is 1. The summed E-state index contributed by atoms with van der Waals surface area (Å²) in [6.07, 6.45) is 3.45. The van der Waals surface area contributed by atoms with Gasteiger partial charge >= 0.3 is 6.03 Å². The van der Waals surface area contributed by atoms with Crippen LogP contribution in [0.1, 0.15) is 31.5 Å². The number of aromatic nitrogens is 1. The maximum atomic E-state index is 11.6. The highest BCUT2D eigenvalue weighted by Crippen LogP contribution is 2.05. The summed E-state index contributed by atoms with van der Waals surface area (Å²) < 4.78 is 0. The Balaban J connectivity index is 2.34. The van der Waals surface area contributed by atoms with Crippen LogP contribution in [0.25, 0.3) is 0 Å². The molecule has 1 aromatic rings. The van der Waals surface area contributed by atoms with Crippen molar-refractivity contribution >= 4 is 12.0 Å². The fraction of sp³-hybridized carbons (Fsp3) is 0.533. The smallest absolute Gasteiger partial charge is 0.344 e. The third-order valence-corrected chi connectivity index (χ3v) is 3.29. The largest absolute Gasteiger partial charge is 0.369 e. The van der Waals surface area contributed by atoms with Gasteiger partial charge in [0, 0.05) is 31.5 Å². The number of aliphatic imine (C=N–C) groups is 1. The minimum Gasteiger partial charge on any atom is -0.369 e. The third kappa shape index (κ3) is 5.81. The summed E-state index contributed by atoms with van der Waals surface area (Å²) in [7, 11) is 0. The Hall–Kier alpha value is -2.11. The first kappa shape index (κ1) is 16.9. The van der Waals surface area contributed by atoms with Crippen molar-refractivity contribution in [1.29, 1.82) is 0 Å². The van der Waals surface area contributed by atoms with E-state index in [2.05, 4.69) is 15.3 Å². The highest BCUT2D eigenvalue weighted by Gasteiger charge is 2.05. The number of carbonyl (C=O) groups is 1. The number of guanidine groups is 1. The standard InChI is InChI=1S/C15H25N5O/c1-4-20(5-2)14(16)19-15(21)18-11-7-9-13-12(3)8-6-10-17-13/h6,8,10H,4-5,7,9,11H2,1-3H3,(H3,16,18,19,21). The quantitative estimate of drug-likeness (QED) is 0.474. The lowest BCUT2D eigenvalue weighted by atomic mass is 10.1. The van der Waals surface area contributed by atoms with Gasteiger partial charge in [-0.2, -0.15) is 4.99 Å². The lowest BCUT2D eigenvalue weighted by molar-refractivity contribution is 0.248. The number of nitrogens with one attached hydrogen (secondary N) is 1. The minimum atomic E-state index is -0.392. The van der Waals surface area contributed by atoms with E-state index in [9.17, 15) is 4.79 Å². The average Bonchev–Trinajstić information content (AvgIpc) is 2.46. The van der Waals surface area contributed by atoms with Gasteiger partial charge in [-0.25, -0.2) is 4.79 Å². The second-order valence-electron chi connectivity index (χ2n) is 4.74. The van der Waals surface area contributed by atoms with E-state index in [1.807, 2.05) is 37.8 Å². The van der Waals surface area contributed by atoms with E-state index >= 15 is 0 Å². The van der Waals surface area contributed by atoms with E-state index in [0.717, 1.165) is 31.6 Å². The van der Waals surface area contributed by atoms with E-state index < -0.39 is 6.03 Å². The molecule has 0 saturated carbocycles. The molecule has 6 heteroatoms. The average molecular weight is 291 g/mol. The van der Waals surface area contributed by atoms with E-state index in [-0.39, 0.29) is 5.96 Å². The number of carbonyl (C=O) groups excluding carboxylic acids is 1. The van der Waals surface area contributed by atoms with Crippen LogP contribution in [0.2, 0.25) is 0 Å². The first-order valence-corrected chi connectivity index (χ1v) is 7.35. The molecule has 1 rings (SSSR count). The van der Waals surface area contributed by atoms with Crippen LogP contribution >= 0.6 is 0 Å². The molecule has 0 aliphatic rings. The summed E-state index contributed by atoms with van der Waals surface area (Å²) in [4.78, 5) is 21.6. The van der Waals surface area contributed by atoms with Crippen molar-refractivity contribution in [2.45, 2.75) is 33.6 Å². The zero-order valence-electron chi connectivity index (χ0n) is 13.1. The van der Waals surface area contributed by atoms with Crippen LogP contribution < -0.4 is 11.1 Å². The zero-order valence-corrected chi connectivity index (χ0v) is 13.1. The molecular formula is C15H25N5O. The molecule has 6 nitrogen and oxygen atoms in total. The molecule has 0 spiro atoms. The second kappa shape index (κ2) is 8.94. The Labute approximate surface area is 126 Å². The van der Waals surface area contributed by atoms with E-state index in [1.54, 1.807) is 6.20 Å². The van der Waals surface area contributed by atoms with Crippen molar-refractivity contribution in [1.82, 2.24) is 15.2 Å². The molecule has 2 amide bonds. The van der Waals surface area contributed by atoms with Crippen LogP contribution in [-0.4, -0.2) is 41.5 Å². The summed E-state index contributed by atoms with van der Waals surface area (Å²) in [5.41, 5.74) is 8.00. The molecule has 0 atom stereocenters. The Morgan fingerprint density at radius 1 is 1.43 bits per heavy atom. The van der Waals surface area contributed by atoms with Gasteiger partial charge in [-0.1, -0.05) is 6.07 Å². The first-order chi connectivity index (χ1) is 10.1. The lowest BCUT2D eigenvalue weighted by Gasteiger charge is -2.18. The normalized spacial score (nSPS) is 11.3. The molecule has 0 unspecified atom stereocenters. The minimum absolute atomic E-state index is 0.262. The highest BCUT2D eigenvalue weighted by molar-refractivity contribution is 5.91. The summed E-state index contributed by atoms with van der Waals surface area (Å²) in [5, 5.41) is 2.75. The highest BCUT2D eigenvalue weighted by atomic mass is 16.2. The van der Waals surface area contributed by atoms with Crippen LogP contribution in [0.15, 0.2) is 23.3 Å². The SMILES string of the molecule is CCN(CC)C(N)=NC(=O)NCCCc1ncccc1C. The molecule has 0 aromatic carbocycles. The Morgan fingerprint density at radius 2 is 2.14 bits per heavy atom. The molecule has 0 radical (unpaired) electrons. The molecule has 3 N–H and O–H groups in total. The van der Waals surface area contributed by atoms with Gasteiger partial charge in [-0.05, 0) is 45.2 Å². The predicted molar refractivity (Wildman–Crippen MR) is 85.2 cm³/mol. The number of aryl methyl sites for hydroxylation is 2. The van der Waals surface area contributed by atoms with Gasteiger partial charge in [0.05, 0.1) is 0 Å². The fourth-order valence-corrected chi connectivity index (χ4v) is 1.99. The maximum absolute atomic E-state index is 11.6. The molecule has 116 valence electrons. The van der Waals surface area contributed by atoms with Crippen LogP contribution in [0.3, 0.4) is 0 Å². The van der Waals surface area contributed by atoms with Crippen molar-refractivity contribution in [2.24, 2.45) is 10.7 Å². The molecule has 0 bridgehead atoms. The molecular weight excluding hydrogens is 266 g/mol. The number of rotatable bonds is 6. The summed E-state index contributed by atoms with van der Waals surface area (Å²) in [6.45, 7) is 8.01.